The van der Waals surface area contributed by atoms with Gasteiger partial charge in [-0.2, -0.15) is 0 Å². The molecule has 0 saturated carbocycles. The molecule has 1 aromatic rings. The van der Waals surface area contributed by atoms with Crippen LogP contribution in [0, 0.1) is 19.3 Å². The number of aliphatic carboxylic acids is 1. The maximum Gasteiger partial charge on any atom is 0.0720 e. The smallest absolute Gasteiger partial charge is 0.0720 e. The van der Waals surface area contributed by atoms with Crippen LogP contribution < -0.4 is 10.2 Å². The van der Waals surface area contributed by atoms with E-state index in [4.69, 9.17) is 0 Å². The molecule has 18 heavy (non-hydrogen) atoms. The van der Waals surface area contributed by atoms with Crippen molar-refractivity contribution in [1.82, 2.24) is 0 Å². The third kappa shape index (κ3) is 2.88. The fourth-order valence-electron chi connectivity index (χ4n) is 2.04. The second kappa shape index (κ2) is 4.80. The minimum Gasteiger partial charge on any atom is -0.550 e. The summed E-state index contributed by atoms with van der Waals surface area (Å²) in [4.78, 5) is 22.1. The van der Waals surface area contributed by atoms with Crippen LogP contribution in [0.15, 0.2) is 12.1 Å². The molecule has 0 N–H and O–H groups in total. The Labute approximate surface area is 106 Å². The number of carbonyl (C=O) groups excluding carboxylic acids is 2. The average molecular weight is 248 g/mol. The summed E-state index contributed by atoms with van der Waals surface area (Å²) in [6, 6.07) is 3.42. The first-order valence-corrected chi connectivity index (χ1v) is 5.68. The van der Waals surface area contributed by atoms with Gasteiger partial charge in [0.15, 0.2) is 0 Å². The lowest BCUT2D eigenvalue weighted by molar-refractivity contribution is -0.317. The van der Waals surface area contributed by atoms with Crippen molar-refractivity contribution in [1.29, 1.82) is 0 Å². The zero-order chi connectivity index (χ0) is 14.1. The van der Waals surface area contributed by atoms with Crippen molar-refractivity contribution in [2.24, 2.45) is 5.41 Å². The van der Waals surface area contributed by atoms with Crippen molar-refractivity contribution >= 4 is 11.9 Å². The van der Waals surface area contributed by atoms with Crippen molar-refractivity contribution in [2.75, 3.05) is 0 Å². The van der Waals surface area contributed by atoms with Gasteiger partial charge in [0.2, 0.25) is 0 Å². The van der Waals surface area contributed by atoms with Crippen LogP contribution in [-0.2, 0) is 11.2 Å². The lowest BCUT2D eigenvalue weighted by atomic mass is 9.83. The zero-order valence-corrected chi connectivity index (χ0v) is 11.0. The van der Waals surface area contributed by atoms with Crippen molar-refractivity contribution < 1.29 is 19.8 Å². The van der Waals surface area contributed by atoms with Crippen LogP contribution in [0.3, 0.4) is 0 Å². The summed E-state index contributed by atoms with van der Waals surface area (Å²) in [5, 5.41) is 22.1. The Morgan fingerprint density at radius 1 is 1.17 bits per heavy atom. The number of hydrogen-bond acceptors (Lipinski definition) is 4. The molecule has 0 fully saturated rings. The largest absolute Gasteiger partial charge is 0.550 e. The van der Waals surface area contributed by atoms with Gasteiger partial charge < -0.3 is 19.8 Å². The normalized spacial score (nSPS) is 11.3. The van der Waals surface area contributed by atoms with Crippen LogP contribution in [0.2, 0.25) is 0 Å². The topological polar surface area (TPSA) is 80.3 Å². The maximum absolute atomic E-state index is 11.1. The molecule has 4 nitrogen and oxygen atoms in total. The van der Waals surface area contributed by atoms with Crippen molar-refractivity contribution in [2.45, 2.75) is 34.1 Å². The van der Waals surface area contributed by atoms with Crippen LogP contribution in [0.1, 0.15) is 40.9 Å². The second-order valence-electron chi connectivity index (χ2n) is 5.25. The van der Waals surface area contributed by atoms with E-state index < -0.39 is 17.4 Å². The number of carboxylic acids is 2. The SMILES string of the molecule is Cc1cc(C)c(C(=O)[O-])c(CC(C)(C)C(=O)[O-])c1. The third-order valence-electron chi connectivity index (χ3n) is 2.95. The Hall–Kier alpha value is -1.84. The van der Waals surface area contributed by atoms with Crippen LogP contribution in [-0.4, -0.2) is 11.9 Å². The molecule has 0 aliphatic heterocycles. The monoisotopic (exact) mass is 248 g/mol. The number of benzene rings is 1. The quantitative estimate of drug-likeness (QED) is 0.750. The van der Waals surface area contributed by atoms with E-state index in [1.54, 1.807) is 19.1 Å². The van der Waals surface area contributed by atoms with Gasteiger partial charge in [-0.15, -0.1) is 0 Å². The molecule has 0 radical (unpaired) electrons. The molecule has 1 aromatic carbocycles. The number of carbonyl (C=O) groups is 2. The number of rotatable bonds is 4. The summed E-state index contributed by atoms with van der Waals surface area (Å²) in [5.41, 5.74) is 0.905. The van der Waals surface area contributed by atoms with E-state index in [-0.39, 0.29) is 12.0 Å². The standard InChI is InChI=1S/C14H18O4/c1-8-5-9(2)11(12(15)16)10(6-8)7-14(3,4)13(17)18/h5-6H,7H2,1-4H3,(H,15,16)(H,17,18)/p-2. The summed E-state index contributed by atoms with van der Waals surface area (Å²) in [5.74, 6) is -2.48. The first-order valence-electron chi connectivity index (χ1n) is 5.68. The predicted octanol–water partition coefficient (Wildman–Crippen LogP) is -0.0145. The maximum atomic E-state index is 11.1. The Balaban J connectivity index is 3.32. The van der Waals surface area contributed by atoms with Crippen molar-refractivity contribution in [3.63, 3.8) is 0 Å². The molecule has 0 spiro atoms. The number of aromatic carboxylic acids is 1. The molecule has 0 unspecified atom stereocenters. The zero-order valence-electron chi connectivity index (χ0n) is 11.0. The van der Waals surface area contributed by atoms with Gasteiger partial charge in [-0.1, -0.05) is 31.5 Å². The van der Waals surface area contributed by atoms with Gasteiger partial charge in [-0.25, -0.2) is 0 Å². The van der Waals surface area contributed by atoms with E-state index in [1.807, 2.05) is 6.92 Å². The van der Waals surface area contributed by atoms with Gasteiger partial charge in [0.25, 0.3) is 0 Å². The molecular formula is C14H16O4-2. The van der Waals surface area contributed by atoms with E-state index >= 15 is 0 Å². The molecule has 0 aliphatic carbocycles. The van der Waals surface area contributed by atoms with Crippen LogP contribution in [0.5, 0.6) is 0 Å². The van der Waals surface area contributed by atoms with Gasteiger partial charge in [0, 0.05) is 16.9 Å². The number of hydrogen-bond donors (Lipinski definition) is 0. The van der Waals surface area contributed by atoms with E-state index in [0.717, 1.165) is 5.56 Å². The Kier molecular flexibility index (Phi) is 3.79. The molecule has 4 heteroatoms. The highest BCUT2D eigenvalue weighted by Crippen LogP contribution is 2.26. The lowest BCUT2D eigenvalue weighted by Gasteiger charge is -2.28. The molecule has 0 bridgehead atoms. The Morgan fingerprint density at radius 3 is 2.17 bits per heavy atom. The van der Waals surface area contributed by atoms with Crippen LogP contribution in [0.25, 0.3) is 0 Å². The summed E-state index contributed by atoms with van der Waals surface area (Å²) in [6.07, 6.45) is 0.0984. The van der Waals surface area contributed by atoms with E-state index in [9.17, 15) is 19.8 Å². The van der Waals surface area contributed by atoms with E-state index in [0.29, 0.717) is 11.1 Å². The Morgan fingerprint density at radius 2 is 1.72 bits per heavy atom. The first-order chi connectivity index (χ1) is 8.15. The molecule has 0 aromatic heterocycles. The summed E-state index contributed by atoms with van der Waals surface area (Å²) in [6.45, 7) is 6.54. The highest BCUT2D eigenvalue weighted by Gasteiger charge is 2.22. The summed E-state index contributed by atoms with van der Waals surface area (Å²) in [7, 11) is 0. The minimum atomic E-state index is -1.28. The van der Waals surface area contributed by atoms with Gasteiger partial charge in [0.1, 0.15) is 0 Å². The van der Waals surface area contributed by atoms with Gasteiger partial charge in [-0.05, 0) is 31.4 Å². The van der Waals surface area contributed by atoms with Gasteiger partial charge >= 0.3 is 0 Å². The molecular weight excluding hydrogens is 232 g/mol. The average Bonchev–Trinajstić information content (AvgIpc) is 2.13. The molecule has 0 aliphatic rings. The first kappa shape index (κ1) is 14.2. The van der Waals surface area contributed by atoms with E-state index in [1.165, 1.54) is 13.8 Å². The number of carboxylic acid groups (broad SMARTS) is 2. The minimum absolute atomic E-state index is 0.0786. The van der Waals surface area contributed by atoms with Crippen LogP contribution in [0.4, 0.5) is 0 Å². The van der Waals surface area contributed by atoms with Gasteiger partial charge in [0.05, 0.1) is 5.97 Å². The van der Waals surface area contributed by atoms with Crippen molar-refractivity contribution in [3.8, 4) is 0 Å². The molecule has 0 heterocycles. The number of aryl methyl sites for hydroxylation is 2. The Bertz CT molecular complexity index is 501. The fourth-order valence-corrected chi connectivity index (χ4v) is 2.04. The molecule has 1 rings (SSSR count). The fraction of sp³-hybridized carbons (Fsp3) is 0.429. The van der Waals surface area contributed by atoms with E-state index in [2.05, 4.69) is 0 Å². The predicted molar refractivity (Wildman–Crippen MR) is 62.7 cm³/mol. The van der Waals surface area contributed by atoms with Gasteiger partial charge in [-0.3, -0.25) is 0 Å². The summed E-state index contributed by atoms with van der Waals surface area (Å²) >= 11 is 0. The second-order valence-corrected chi connectivity index (χ2v) is 5.25. The lowest BCUT2D eigenvalue weighted by Crippen LogP contribution is -2.40. The highest BCUT2D eigenvalue weighted by atomic mass is 16.4. The molecule has 98 valence electrons. The molecule has 0 atom stereocenters. The summed E-state index contributed by atoms with van der Waals surface area (Å²) < 4.78 is 0. The molecule has 0 amide bonds. The van der Waals surface area contributed by atoms with Crippen LogP contribution >= 0.6 is 0 Å². The van der Waals surface area contributed by atoms with Crippen molar-refractivity contribution in [3.05, 3.63) is 34.4 Å². The third-order valence-corrected chi connectivity index (χ3v) is 2.95. The highest BCUT2D eigenvalue weighted by molar-refractivity contribution is 5.90. The molecule has 0 saturated heterocycles.